The molecule has 0 spiro atoms. The molecule has 20 heavy (non-hydrogen) atoms. The Morgan fingerprint density at radius 1 is 1.25 bits per heavy atom. The molecule has 3 N–H and O–H groups in total. The predicted octanol–water partition coefficient (Wildman–Crippen LogP) is 4.03. The highest BCUT2D eigenvalue weighted by molar-refractivity contribution is 6.33. The van der Waals surface area contributed by atoms with Gasteiger partial charge in [0.25, 0.3) is 0 Å². The van der Waals surface area contributed by atoms with Gasteiger partial charge < -0.3 is 11.1 Å². The molecule has 0 aliphatic heterocycles. The van der Waals surface area contributed by atoms with E-state index < -0.39 is 0 Å². The van der Waals surface area contributed by atoms with E-state index in [1.165, 1.54) is 0 Å². The van der Waals surface area contributed by atoms with Gasteiger partial charge in [0.1, 0.15) is 17.5 Å². The summed E-state index contributed by atoms with van der Waals surface area (Å²) in [6.45, 7) is 5.99. The minimum absolute atomic E-state index is 0.509. The Balaban J connectivity index is 2.37. The number of aryl methyl sites for hydroxylation is 2. The topological polar surface area (TPSA) is 63.8 Å². The average molecular weight is 291 g/mol. The average Bonchev–Trinajstić information content (AvgIpc) is 2.39. The lowest BCUT2D eigenvalue weighted by Crippen LogP contribution is -2.07. The van der Waals surface area contributed by atoms with Crippen LogP contribution in [0.15, 0.2) is 18.2 Å². The summed E-state index contributed by atoms with van der Waals surface area (Å²) in [6.07, 6.45) is 1.79. The number of nitrogens with zero attached hydrogens (tertiary/aromatic N) is 2. The molecule has 1 heterocycles. The number of hydrogen-bond donors (Lipinski definition) is 2. The Hall–Kier alpha value is -1.81. The molecule has 2 aromatic rings. The molecule has 0 fully saturated rings. The van der Waals surface area contributed by atoms with E-state index in [4.69, 9.17) is 17.3 Å². The monoisotopic (exact) mass is 290 g/mol. The molecule has 1 aromatic heterocycles. The fraction of sp³-hybridized carbons (Fsp3) is 0.333. The van der Waals surface area contributed by atoms with Gasteiger partial charge in [0.05, 0.1) is 10.7 Å². The summed E-state index contributed by atoms with van der Waals surface area (Å²) >= 11 is 6.24. The van der Waals surface area contributed by atoms with Crippen LogP contribution in [0.1, 0.15) is 30.3 Å². The Labute approximate surface area is 124 Å². The fourth-order valence-corrected chi connectivity index (χ4v) is 2.17. The second kappa shape index (κ2) is 6.09. The van der Waals surface area contributed by atoms with E-state index in [1.807, 2.05) is 32.0 Å². The van der Waals surface area contributed by atoms with E-state index in [-0.39, 0.29) is 0 Å². The number of halogens is 1. The van der Waals surface area contributed by atoms with E-state index in [9.17, 15) is 0 Å². The molecule has 1 aromatic carbocycles. The molecule has 0 saturated heterocycles. The molecule has 0 amide bonds. The van der Waals surface area contributed by atoms with Crippen molar-refractivity contribution >= 4 is 28.9 Å². The zero-order valence-corrected chi connectivity index (χ0v) is 12.8. The van der Waals surface area contributed by atoms with Crippen LogP contribution in [0.4, 0.5) is 17.3 Å². The minimum atomic E-state index is 0.509. The van der Waals surface area contributed by atoms with Crippen molar-refractivity contribution < 1.29 is 0 Å². The number of benzene rings is 1. The molecular formula is C15H19ClN4. The molecule has 0 atom stereocenters. The normalized spacial score (nSPS) is 10.6. The van der Waals surface area contributed by atoms with Crippen molar-refractivity contribution in [2.45, 2.75) is 33.6 Å². The molecule has 0 bridgehead atoms. The molecule has 4 nitrogen and oxygen atoms in total. The maximum Gasteiger partial charge on any atom is 0.139 e. The first-order valence-electron chi connectivity index (χ1n) is 6.67. The number of anilines is 3. The van der Waals surface area contributed by atoms with E-state index in [0.29, 0.717) is 16.7 Å². The minimum Gasteiger partial charge on any atom is -0.383 e. The molecule has 2 rings (SSSR count). The lowest BCUT2D eigenvalue weighted by Gasteiger charge is -2.13. The number of hydrogen-bond acceptors (Lipinski definition) is 4. The van der Waals surface area contributed by atoms with Crippen LogP contribution in [0.25, 0.3) is 0 Å². The van der Waals surface area contributed by atoms with Crippen LogP contribution in [0, 0.1) is 13.8 Å². The number of nitrogens with two attached hydrogens (primary N) is 1. The lowest BCUT2D eigenvalue weighted by atomic mass is 10.2. The van der Waals surface area contributed by atoms with Gasteiger partial charge >= 0.3 is 0 Å². The highest BCUT2D eigenvalue weighted by Gasteiger charge is 2.10. The Bertz CT molecular complexity index is 626. The smallest absolute Gasteiger partial charge is 0.139 e. The van der Waals surface area contributed by atoms with E-state index >= 15 is 0 Å². The highest BCUT2D eigenvalue weighted by Crippen LogP contribution is 2.28. The third-order valence-electron chi connectivity index (χ3n) is 3.08. The van der Waals surface area contributed by atoms with Crippen molar-refractivity contribution in [2.75, 3.05) is 11.1 Å². The van der Waals surface area contributed by atoms with Gasteiger partial charge in [0.15, 0.2) is 0 Å². The SMILES string of the molecule is CCCc1nc(N)c(C)c(Nc2ccc(C)cc2Cl)n1. The molecule has 0 aliphatic carbocycles. The molecule has 0 saturated carbocycles. The van der Waals surface area contributed by atoms with E-state index in [0.717, 1.165) is 35.5 Å². The van der Waals surface area contributed by atoms with Crippen LogP contribution in [0.3, 0.4) is 0 Å². The van der Waals surface area contributed by atoms with Gasteiger partial charge in [-0.15, -0.1) is 0 Å². The maximum atomic E-state index is 6.24. The Kier molecular flexibility index (Phi) is 4.45. The van der Waals surface area contributed by atoms with E-state index in [1.54, 1.807) is 0 Å². The second-order valence-electron chi connectivity index (χ2n) is 4.86. The quantitative estimate of drug-likeness (QED) is 0.892. The van der Waals surface area contributed by atoms with Crippen LogP contribution in [0.2, 0.25) is 5.02 Å². The summed E-state index contributed by atoms with van der Waals surface area (Å²) in [5.41, 5.74) is 8.72. The summed E-state index contributed by atoms with van der Waals surface area (Å²) in [5.74, 6) is 1.97. The number of rotatable bonds is 4. The van der Waals surface area contributed by atoms with Crippen molar-refractivity contribution in [3.63, 3.8) is 0 Å². The molecule has 5 heteroatoms. The summed E-state index contributed by atoms with van der Waals surface area (Å²) in [5, 5.41) is 3.91. The third kappa shape index (κ3) is 3.20. The maximum absolute atomic E-state index is 6.24. The molecule has 0 aliphatic rings. The van der Waals surface area contributed by atoms with Crippen LogP contribution < -0.4 is 11.1 Å². The first-order chi connectivity index (χ1) is 9.51. The van der Waals surface area contributed by atoms with Crippen LogP contribution in [-0.4, -0.2) is 9.97 Å². The Morgan fingerprint density at radius 3 is 2.65 bits per heavy atom. The highest BCUT2D eigenvalue weighted by atomic mass is 35.5. The van der Waals surface area contributed by atoms with Crippen molar-refractivity contribution in [2.24, 2.45) is 0 Å². The number of aromatic nitrogens is 2. The van der Waals surface area contributed by atoms with Crippen molar-refractivity contribution in [1.29, 1.82) is 0 Å². The van der Waals surface area contributed by atoms with Crippen molar-refractivity contribution in [3.05, 3.63) is 40.2 Å². The van der Waals surface area contributed by atoms with Gasteiger partial charge in [-0.2, -0.15) is 0 Å². The summed E-state index contributed by atoms with van der Waals surface area (Å²) in [7, 11) is 0. The van der Waals surface area contributed by atoms with Crippen LogP contribution in [-0.2, 0) is 6.42 Å². The predicted molar refractivity (Wildman–Crippen MR) is 84.6 cm³/mol. The number of nitrogen functional groups attached to an aromatic ring is 1. The lowest BCUT2D eigenvalue weighted by molar-refractivity contribution is 0.836. The first-order valence-corrected chi connectivity index (χ1v) is 7.05. The number of nitrogens with one attached hydrogen (secondary N) is 1. The molecule has 0 radical (unpaired) electrons. The van der Waals surface area contributed by atoms with Gasteiger partial charge in [0, 0.05) is 12.0 Å². The standard InChI is InChI=1S/C15H19ClN4/c1-4-5-13-19-14(17)10(3)15(20-13)18-12-7-6-9(2)8-11(12)16/h6-8H,4-5H2,1-3H3,(H3,17,18,19,20). The van der Waals surface area contributed by atoms with Gasteiger partial charge in [-0.05, 0) is 38.0 Å². The third-order valence-corrected chi connectivity index (χ3v) is 3.39. The van der Waals surface area contributed by atoms with E-state index in [2.05, 4.69) is 22.2 Å². The van der Waals surface area contributed by atoms with Gasteiger partial charge in [-0.3, -0.25) is 0 Å². The second-order valence-corrected chi connectivity index (χ2v) is 5.26. The van der Waals surface area contributed by atoms with Gasteiger partial charge in [-0.25, -0.2) is 9.97 Å². The molecule has 0 unspecified atom stereocenters. The Morgan fingerprint density at radius 2 is 2.00 bits per heavy atom. The molecular weight excluding hydrogens is 272 g/mol. The van der Waals surface area contributed by atoms with Gasteiger partial charge in [-0.1, -0.05) is 24.6 Å². The summed E-state index contributed by atoms with van der Waals surface area (Å²) in [6, 6.07) is 5.85. The summed E-state index contributed by atoms with van der Waals surface area (Å²) in [4.78, 5) is 8.82. The zero-order chi connectivity index (χ0) is 14.7. The van der Waals surface area contributed by atoms with Gasteiger partial charge in [0.2, 0.25) is 0 Å². The van der Waals surface area contributed by atoms with Crippen molar-refractivity contribution in [3.8, 4) is 0 Å². The first kappa shape index (κ1) is 14.6. The largest absolute Gasteiger partial charge is 0.383 e. The van der Waals surface area contributed by atoms with Crippen LogP contribution in [0.5, 0.6) is 0 Å². The van der Waals surface area contributed by atoms with Crippen molar-refractivity contribution in [1.82, 2.24) is 9.97 Å². The fourth-order valence-electron chi connectivity index (χ4n) is 1.89. The summed E-state index contributed by atoms with van der Waals surface area (Å²) < 4.78 is 0. The zero-order valence-electron chi connectivity index (χ0n) is 12.0. The van der Waals surface area contributed by atoms with Crippen LogP contribution >= 0.6 is 11.6 Å². The molecule has 106 valence electrons.